The summed E-state index contributed by atoms with van der Waals surface area (Å²) in [6, 6.07) is 6.82. The molecule has 1 saturated carbocycles. The van der Waals surface area contributed by atoms with Crippen molar-refractivity contribution in [3.63, 3.8) is 0 Å². The molecule has 1 N–H and O–H groups in total. The van der Waals surface area contributed by atoms with Crippen LogP contribution in [0.15, 0.2) is 42.5 Å². The molecule has 2 aromatic rings. The normalized spacial score (nSPS) is 26.7. The number of aliphatic hydroxyl groups excluding tert-OH is 1. The lowest BCUT2D eigenvalue weighted by atomic mass is 9.69. The van der Waals surface area contributed by atoms with Crippen LogP contribution in [0.1, 0.15) is 54.0 Å². The van der Waals surface area contributed by atoms with Crippen LogP contribution in [0.4, 0.5) is 35.5 Å². The Morgan fingerprint density at radius 2 is 1.55 bits per heavy atom. The average Bonchev–Trinajstić information content (AvgIpc) is 3.19. The number of hydrogen-bond donors (Lipinski definition) is 1. The lowest BCUT2D eigenvalue weighted by Gasteiger charge is -2.41. The van der Waals surface area contributed by atoms with Crippen molar-refractivity contribution < 1.29 is 50.1 Å². The molecule has 4 rings (SSSR count). The molecule has 208 valence electrons. The third-order valence-corrected chi connectivity index (χ3v) is 7.43. The van der Waals surface area contributed by atoms with Gasteiger partial charge in [0.05, 0.1) is 30.4 Å². The minimum Gasteiger partial charge on any atom is -0.453 e. The van der Waals surface area contributed by atoms with E-state index in [9.17, 15) is 40.6 Å². The fourth-order valence-corrected chi connectivity index (χ4v) is 5.63. The Kier molecular flexibility index (Phi) is 7.68. The van der Waals surface area contributed by atoms with Crippen molar-refractivity contribution in [3.8, 4) is 0 Å². The lowest BCUT2D eigenvalue weighted by molar-refractivity contribution is -0.143. The van der Waals surface area contributed by atoms with E-state index in [0.29, 0.717) is 30.5 Å². The molecular weight excluding hydrogens is 523 g/mol. The van der Waals surface area contributed by atoms with Crippen molar-refractivity contribution in [1.82, 2.24) is 4.90 Å². The molecule has 0 bridgehead atoms. The molecule has 2 fully saturated rings. The number of benzene rings is 2. The number of carbonyl (C=O) groups excluding carboxylic acids is 1. The second kappa shape index (κ2) is 10.4. The van der Waals surface area contributed by atoms with Crippen LogP contribution in [0, 0.1) is 17.7 Å². The first-order chi connectivity index (χ1) is 17.7. The van der Waals surface area contributed by atoms with E-state index in [4.69, 9.17) is 9.47 Å². The number of rotatable bonds is 4. The molecule has 5 nitrogen and oxygen atoms in total. The van der Waals surface area contributed by atoms with E-state index in [0.717, 1.165) is 0 Å². The smallest absolute Gasteiger partial charge is 0.416 e. The summed E-state index contributed by atoms with van der Waals surface area (Å²) in [5, 5.41) is 10.8. The molecule has 1 aliphatic carbocycles. The number of halogens is 7. The molecule has 0 spiro atoms. The van der Waals surface area contributed by atoms with Crippen LogP contribution < -0.4 is 0 Å². The number of alkyl halides is 6. The Labute approximate surface area is 214 Å². The van der Waals surface area contributed by atoms with Crippen molar-refractivity contribution in [2.24, 2.45) is 11.8 Å². The van der Waals surface area contributed by atoms with Crippen LogP contribution in [-0.2, 0) is 21.8 Å². The predicted octanol–water partition coefficient (Wildman–Crippen LogP) is 6.52. The van der Waals surface area contributed by atoms with Gasteiger partial charge in [0.2, 0.25) is 0 Å². The van der Waals surface area contributed by atoms with E-state index in [1.807, 2.05) is 0 Å². The highest BCUT2D eigenvalue weighted by atomic mass is 19.4. The van der Waals surface area contributed by atoms with E-state index < -0.39 is 59.7 Å². The third-order valence-electron chi connectivity index (χ3n) is 7.43. The van der Waals surface area contributed by atoms with E-state index in [2.05, 4.69) is 0 Å². The zero-order valence-electron chi connectivity index (χ0n) is 20.4. The van der Waals surface area contributed by atoms with Crippen molar-refractivity contribution in [1.29, 1.82) is 0 Å². The molecule has 12 heteroatoms. The highest BCUT2D eigenvalue weighted by molar-refractivity contribution is 5.68. The largest absolute Gasteiger partial charge is 0.453 e. The summed E-state index contributed by atoms with van der Waals surface area (Å²) >= 11 is 0. The summed E-state index contributed by atoms with van der Waals surface area (Å²) in [6.07, 6.45) is -13.1. The van der Waals surface area contributed by atoms with Crippen LogP contribution in [0.25, 0.3) is 0 Å². The molecular formula is C26H26F7NO4. The Morgan fingerprint density at radius 1 is 0.974 bits per heavy atom. The number of hydrogen-bond acceptors (Lipinski definition) is 4. The number of methoxy groups -OCH3 is 1. The molecule has 38 heavy (non-hydrogen) atoms. The predicted molar refractivity (Wildman–Crippen MR) is 120 cm³/mol. The molecule has 2 aliphatic rings. The zero-order chi connectivity index (χ0) is 28.0. The highest BCUT2D eigenvalue weighted by Gasteiger charge is 2.52. The second-order valence-corrected chi connectivity index (χ2v) is 9.67. The van der Waals surface area contributed by atoms with E-state index in [1.54, 1.807) is 0 Å². The molecule has 1 amide bonds. The Balaban J connectivity index is 1.68. The molecule has 1 aliphatic heterocycles. The number of carbonyl (C=O) groups is 1. The van der Waals surface area contributed by atoms with Crippen molar-refractivity contribution in [2.75, 3.05) is 13.7 Å². The second-order valence-electron chi connectivity index (χ2n) is 9.67. The van der Waals surface area contributed by atoms with Crippen LogP contribution in [0.3, 0.4) is 0 Å². The van der Waals surface area contributed by atoms with Gasteiger partial charge in [0.1, 0.15) is 12.0 Å². The summed E-state index contributed by atoms with van der Waals surface area (Å²) in [5.74, 6) is -1.80. The Hall–Kier alpha value is -2.86. The van der Waals surface area contributed by atoms with E-state index >= 15 is 0 Å². The van der Waals surface area contributed by atoms with Gasteiger partial charge < -0.3 is 14.6 Å². The number of amides is 1. The van der Waals surface area contributed by atoms with Crippen LogP contribution in [0.2, 0.25) is 0 Å². The fraction of sp³-hybridized carbons (Fsp3) is 0.500. The molecule has 1 unspecified atom stereocenters. The SMILES string of the molecule is COC(=O)N1C[C@H]2[C@H](c3ccc(F)cc3)[C@@H](O[C@H](C)c3cc(C(F)(F)F)cc(C(F)(F)F)c3)CC[C@@H]2C1O. The quantitative estimate of drug-likeness (QED) is 0.442. The topological polar surface area (TPSA) is 59.0 Å². The minimum absolute atomic E-state index is 0.0596. The first kappa shape index (κ1) is 28.2. The Morgan fingerprint density at radius 3 is 2.08 bits per heavy atom. The van der Waals surface area contributed by atoms with Crippen molar-refractivity contribution >= 4 is 6.09 Å². The van der Waals surface area contributed by atoms with Crippen LogP contribution in [-0.4, -0.2) is 42.1 Å². The number of ether oxygens (including phenoxy) is 2. The van der Waals surface area contributed by atoms with Gasteiger partial charge in [-0.3, -0.25) is 4.90 Å². The van der Waals surface area contributed by atoms with Gasteiger partial charge >= 0.3 is 18.4 Å². The molecule has 2 aromatic carbocycles. The van der Waals surface area contributed by atoms with Gasteiger partial charge in [0.15, 0.2) is 0 Å². The van der Waals surface area contributed by atoms with E-state index in [1.165, 1.54) is 43.2 Å². The first-order valence-electron chi connectivity index (χ1n) is 11.9. The number of aliphatic hydroxyl groups is 1. The summed E-state index contributed by atoms with van der Waals surface area (Å²) in [7, 11) is 1.17. The van der Waals surface area contributed by atoms with Gasteiger partial charge in [-0.25, -0.2) is 9.18 Å². The van der Waals surface area contributed by atoms with Crippen LogP contribution >= 0.6 is 0 Å². The van der Waals surface area contributed by atoms with Gasteiger partial charge in [-0.05, 0) is 67.1 Å². The van der Waals surface area contributed by atoms with Crippen LogP contribution in [0.5, 0.6) is 0 Å². The van der Waals surface area contributed by atoms with Gasteiger partial charge in [0.25, 0.3) is 0 Å². The van der Waals surface area contributed by atoms with Crippen molar-refractivity contribution in [2.45, 2.75) is 56.5 Å². The van der Waals surface area contributed by atoms with Gasteiger partial charge in [-0.1, -0.05) is 12.1 Å². The fourth-order valence-electron chi connectivity index (χ4n) is 5.63. The molecule has 1 heterocycles. The monoisotopic (exact) mass is 549 g/mol. The van der Waals surface area contributed by atoms with E-state index in [-0.39, 0.29) is 30.0 Å². The molecule has 0 radical (unpaired) electrons. The van der Waals surface area contributed by atoms with Gasteiger partial charge in [-0.2, -0.15) is 26.3 Å². The maximum Gasteiger partial charge on any atom is 0.416 e. The lowest BCUT2D eigenvalue weighted by Crippen LogP contribution is -2.40. The van der Waals surface area contributed by atoms with Crippen molar-refractivity contribution in [3.05, 3.63) is 70.5 Å². The minimum atomic E-state index is -5.00. The Bertz CT molecular complexity index is 1120. The molecule has 6 atom stereocenters. The summed E-state index contributed by atoms with van der Waals surface area (Å²) in [4.78, 5) is 13.4. The summed E-state index contributed by atoms with van der Waals surface area (Å²) < 4.78 is 105. The average molecular weight is 549 g/mol. The zero-order valence-corrected chi connectivity index (χ0v) is 20.4. The standard InChI is InChI=1S/C26H26F7NO4/c1-13(15-9-16(25(28,29)30)11-17(10-15)26(31,32)33)38-21-8-7-19-20(12-34(23(19)35)24(36)37-2)22(21)14-3-5-18(27)6-4-14/h3-6,9-11,13,19-23,35H,7-8,12H2,1-2H3/t13-,19+,20-,21+,22+,23?/m1/s1. The maximum atomic E-state index is 13.7. The van der Waals surface area contributed by atoms with Gasteiger partial charge in [0, 0.05) is 18.4 Å². The molecule has 0 aromatic heterocycles. The third kappa shape index (κ3) is 5.61. The maximum absolute atomic E-state index is 13.7. The summed E-state index contributed by atoms with van der Waals surface area (Å²) in [5.41, 5.74) is -2.57. The first-order valence-corrected chi connectivity index (χ1v) is 11.9. The number of nitrogens with zero attached hydrogens (tertiary/aromatic N) is 1. The van der Waals surface area contributed by atoms with Gasteiger partial charge in [-0.15, -0.1) is 0 Å². The highest BCUT2D eigenvalue weighted by Crippen LogP contribution is 2.50. The molecule has 1 saturated heterocycles. The number of fused-ring (bicyclic) bond motifs is 1. The number of likely N-dealkylation sites (tertiary alicyclic amines) is 1. The summed E-state index contributed by atoms with van der Waals surface area (Å²) in [6.45, 7) is 1.45.